The van der Waals surface area contributed by atoms with Crippen LogP contribution in [0.1, 0.15) is 21.5 Å². The SMILES string of the molecule is Cc1cncc(NC(=O)Nc2ccc(C)cc2C(=O)O)c1. The highest BCUT2D eigenvalue weighted by Crippen LogP contribution is 2.18. The van der Waals surface area contributed by atoms with E-state index < -0.39 is 12.0 Å². The molecule has 108 valence electrons. The Morgan fingerprint density at radius 2 is 1.81 bits per heavy atom. The summed E-state index contributed by atoms with van der Waals surface area (Å²) in [5, 5.41) is 14.3. The van der Waals surface area contributed by atoms with Crippen molar-refractivity contribution in [2.45, 2.75) is 13.8 Å². The van der Waals surface area contributed by atoms with Gasteiger partial charge in [0.2, 0.25) is 0 Å². The molecule has 1 heterocycles. The molecule has 2 rings (SSSR count). The first kappa shape index (κ1) is 14.5. The molecule has 3 N–H and O–H groups in total. The number of amides is 2. The van der Waals surface area contributed by atoms with Gasteiger partial charge in [-0.15, -0.1) is 0 Å². The molecule has 1 aromatic carbocycles. The van der Waals surface area contributed by atoms with Crippen LogP contribution in [0.15, 0.2) is 36.7 Å². The largest absolute Gasteiger partial charge is 0.478 e. The van der Waals surface area contributed by atoms with Gasteiger partial charge in [-0.3, -0.25) is 4.98 Å². The lowest BCUT2D eigenvalue weighted by Gasteiger charge is -2.10. The predicted molar refractivity (Wildman–Crippen MR) is 79.8 cm³/mol. The number of anilines is 2. The van der Waals surface area contributed by atoms with Gasteiger partial charge < -0.3 is 15.7 Å². The van der Waals surface area contributed by atoms with Gasteiger partial charge >= 0.3 is 12.0 Å². The van der Waals surface area contributed by atoms with E-state index in [9.17, 15) is 9.59 Å². The van der Waals surface area contributed by atoms with Crippen LogP contribution in [-0.2, 0) is 0 Å². The average molecular weight is 285 g/mol. The number of benzene rings is 1. The van der Waals surface area contributed by atoms with Crippen molar-refractivity contribution < 1.29 is 14.7 Å². The van der Waals surface area contributed by atoms with Crippen molar-refractivity contribution in [2.24, 2.45) is 0 Å². The van der Waals surface area contributed by atoms with E-state index in [1.165, 1.54) is 12.3 Å². The van der Waals surface area contributed by atoms with Crippen molar-refractivity contribution in [1.29, 1.82) is 0 Å². The standard InChI is InChI=1S/C15H15N3O3/c1-9-3-4-13(12(6-9)14(19)20)18-15(21)17-11-5-10(2)7-16-8-11/h3-8H,1-2H3,(H,19,20)(H2,17,18,21). The minimum absolute atomic E-state index is 0.0486. The van der Waals surface area contributed by atoms with E-state index >= 15 is 0 Å². The monoisotopic (exact) mass is 285 g/mol. The number of hydrogen-bond donors (Lipinski definition) is 3. The Hall–Kier alpha value is -2.89. The van der Waals surface area contributed by atoms with Crippen LogP contribution in [-0.4, -0.2) is 22.1 Å². The number of aryl methyl sites for hydroxylation is 2. The third kappa shape index (κ3) is 3.79. The number of nitrogens with one attached hydrogen (secondary N) is 2. The van der Waals surface area contributed by atoms with Crippen molar-refractivity contribution >= 4 is 23.4 Å². The van der Waals surface area contributed by atoms with E-state index in [2.05, 4.69) is 15.6 Å². The Kier molecular flexibility index (Phi) is 4.18. The highest BCUT2D eigenvalue weighted by Gasteiger charge is 2.12. The maximum Gasteiger partial charge on any atom is 0.337 e. The Balaban J connectivity index is 2.15. The average Bonchev–Trinajstić information content (AvgIpc) is 2.40. The van der Waals surface area contributed by atoms with Gasteiger partial charge in [0.15, 0.2) is 0 Å². The number of aromatic nitrogens is 1. The molecule has 0 aliphatic rings. The van der Waals surface area contributed by atoms with Crippen molar-refractivity contribution in [3.63, 3.8) is 0 Å². The summed E-state index contributed by atoms with van der Waals surface area (Å²) in [5.74, 6) is -1.09. The second kappa shape index (κ2) is 6.04. The zero-order valence-electron chi connectivity index (χ0n) is 11.7. The lowest BCUT2D eigenvalue weighted by atomic mass is 10.1. The van der Waals surface area contributed by atoms with Crippen LogP contribution in [0, 0.1) is 13.8 Å². The maximum atomic E-state index is 11.9. The molecular formula is C15H15N3O3. The topological polar surface area (TPSA) is 91.3 Å². The molecule has 2 aromatic rings. The van der Waals surface area contributed by atoms with Gasteiger partial charge in [0.1, 0.15) is 0 Å². The molecule has 0 saturated heterocycles. The second-order valence-corrected chi connectivity index (χ2v) is 4.68. The number of hydrogen-bond acceptors (Lipinski definition) is 3. The molecule has 0 unspecified atom stereocenters. The molecule has 6 heteroatoms. The van der Waals surface area contributed by atoms with Crippen LogP contribution in [0.3, 0.4) is 0 Å². The second-order valence-electron chi connectivity index (χ2n) is 4.68. The van der Waals surface area contributed by atoms with Crippen molar-refractivity contribution in [3.8, 4) is 0 Å². The number of pyridine rings is 1. The zero-order chi connectivity index (χ0) is 15.4. The number of carboxylic acids is 1. The van der Waals surface area contributed by atoms with Crippen LogP contribution in [0.2, 0.25) is 0 Å². The van der Waals surface area contributed by atoms with Gasteiger partial charge in [0, 0.05) is 6.20 Å². The Labute approximate surface area is 121 Å². The first-order chi connectivity index (χ1) is 9.95. The summed E-state index contributed by atoms with van der Waals surface area (Å²) in [6, 6.07) is 6.04. The lowest BCUT2D eigenvalue weighted by Crippen LogP contribution is -2.21. The van der Waals surface area contributed by atoms with Crippen LogP contribution < -0.4 is 10.6 Å². The van der Waals surface area contributed by atoms with E-state index in [0.717, 1.165) is 11.1 Å². The number of carboxylic acid groups (broad SMARTS) is 1. The van der Waals surface area contributed by atoms with E-state index in [4.69, 9.17) is 5.11 Å². The Morgan fingerprint density at radius 1 is 1.05 bits per heavy atom. The fourth-order valence-electron chi connectivity index (χ4n) is 1.85. The van der Waals surface area contributed by atoms with Crippen LogP contribution in [0.5, 0.6) is 0 Å². The summed E-state index contributed by atoms with van der Waals surface area (Å²) in [6.45, 7) is 3.65. The summed E-state index contributed by atoms with van der Waals surface area (Å²) in [7, 11) is 0. The molecule has 0 bridgehead atoms. The molecule has 1 aromatic heterocycles. The summed E-state index contributed by atoms with van der Waals surface area (Å²) in [6.07, 6.45) is 3.19. The van der Waals surface area contributed by atoms with Gasteiger partial charge in [-0.1, -0.05) is 11.6 Å². The molecule has 0 spiro atoms. The highest BCUT2D eigenvalue weighted by molar-refractivity contribution is 6.04. The normalized spacial score (nSPS) is 10.0. The van der Waals surface area contributed by atoms with Crippen molar-refractivity contribution in [2.75, 3.05) is 10.6 Å². The molecule has 6 nitrogen and oxygen atoms in total. The Bertz CT molecular complexity index is 698. The zero-order valence-corrected chi connectivity index (χ0v) is 11.7. The van der Waals surface area contributed by atoms with Gasteiger partial charge in [-0.2, -0.15) is 0 Å². The molecule has 0 fully saturated rings. The minimum Gasteiger partial charge on any atom is -0.478 e. The third-order valence-electron chi connectivity index (χ3n) is 2.79. The molecule has 0 radical (unpaired) electrons. The van der Waals surface area contributed by atoms with Crippen LogP contribution in [0.25, 0.3) is 0 Å². The fraction of sp³-hybridized carbons (Fsp3) is 0.133. The fourth-order valence-corrected chi connectivity index (χ4v) is 1.85. The first-order valence-electron chi connectivity index (χ1n) is 6.29. The molecule has 2 amide bonds. The van der Waals surface area contributed by atoms with Gasteiger partial charge in [0.05, 0.1) is 23.1 Å². The molecule has 0 saturated carbocycles. The maximum absolute atomic E-state index is 11.9. The van der Waals surface area contributed by atoms with Crippen molar-refractivity contribution in [1.82, 2.24) is 4.98 Å². The predicted octanol–water partition coefficient (Wildman–Crippen LogP) is 3.04. The minimum atomic E-state index is -1.09. The summed E-state index contributed by atoms with van der Waals surface area (Å²) in [4.78, 5) is 27.1. The number of nitrogens with zero attached hydrogens (tertiary/aromatic N) is 1. The summed E-state index contributed by atoms with van der Waals surface area (Å²) >= 11 is 0. The van der Waals surface area contributed by atoms with Gasteiger partial charge in [-0.05, 0) is 37.6 Å². The van der Waals surface area contributed by atoms with Gasteiger partial charge in [0.25, 0.3) is 0 Å². The molecule has 0 aliphatic heterocycles. The summed E-state index contributed by atoms with van der Waals surface area (Å²) in [5.41, 5.74) is 2.55. The Morgan fingerprint density at radius 3 is 2.48 bits per heavy atom. The quantitative estimate of drug-likeness (QED) is 0.808. The lowest BCUT2D eigenvalue weighted by molar-refractivity contribution is 0.0698. The number of carbonyl (C=O) groups excluding carboxylic acids is 1. The molecule has 21 heavy (non-hydrogen) atoms. The smallest absolute Gasteiger partial charge is 0.337 e. The molecular weight excluding hydrogens is 270 g/mol. The van der Waals surface area contributed by atoms with Crippen LogP contribution >= 0.6 is 0 Å². The molecule has 0 aliphatic carbocycles. The summed E-state index contributed by atoms with van der Waals surface area (Å²) < 4.78 is 0. The third-order valence-corrected chi connectivity index (χ3v) is 2.79. The first-order valence-corrected chi connectivity index (χ1v) is 6.29. The molecule has 0 atom stereocenters. The van der Waals surface area contributed by atoms with E-state index in [-0.39, 0.29) is 11.3 Å². The van der Waals surface area contributed by atoms with E-state index in [1.807, 2.05) is 6.92 Å². The number of rotatable bonds is 3. The van der Waals surface area contributed by atoms with E-state index in [0.29, 0.717) is 5.69 Å². The van der Waals surface area contributed by atoms with E-state index in [1.54, 1.807) is 31.3 Å². The number of aromatic carboxylic acids is 1. The highest BCUT2D eigenvalue weighted by atomic mass is 16.4. The van der Waals surface area contributed by atoms with Crippen LogP contribution in [0.4, 0.5) is 16.2 Å². The number of carbonyl (C=O) groups is 2. The van der Waals surface area contributed by atoms with Crippen molar-refractivity contribution in [3.05, 3.63) is 53.3 Å². The number of urea groups is 1. The van der Waals surface area contributed by atoms with Gasteiger partial charge in [-0.25, -0.2) is 9.59 Å².